The van der Waals surface area contributed by atoms with Crippen molar-refractivity contribution in [2.45, 2.75) is 53.0 Å². The first-order valence-corrected chi connectivity index (χ1v) is 7.11. The molecule has 2 atom stereocenters. The monoisotopic (exact) mass is 295 g/mol. The molecule has 0 aromatic carbocycles. The van der Waals surface area contributed by atoms with Crippen molar-refractivity contribution < 1.29 is 9.90 Å². The zero-order valence-corrected chi connectivity index (χ0v) is 13.6. The lowest BCUT2D eigenvalue weighted by atomic mass is 9.95. The molecule has 2 unspecified atom stereocenters. The Hall–Kier alpha value is -1.69. The van der Waals surface area contributed by atoms with Crippen LogP contribution in [0.3, 0.4) is 0 Å². The van der Waals surface area contributed by atoms with E-state index < -0.39 is 11.5 Å². The van der Waals surface area contributed by atoms with Gasteiger partial charge in [0, 0.05) is 18.1 Å². The Morgan fingerprint density at radius 2 is 1.95 bits per heavy atom. The molecule has 0 aliphatic rings. The van der Waals surface area contributed by atoms with Crippen molar-refractivity contribution in [3.05, 3.63) is 27.4 Å². The summed E-state index contributed by atoms with van der Waals surface area (Å²) in [5.74, 6) is 0.00276. The Balaban J connectivity index is 3.10. The molecule has 6 heteroatoms. The van der Waals surface area contributed by atoms with Crippen molar-refractivity contribution in [3.63, 3.8) is 0 Å². The fourth-order valence-electron chi connectivity index (χ4n) is 1.79. The molecular weight excluding hydrogens is 270 g/mol. The molecule has 0 aliphatic carbocycles. The van der Waals surface area contributed by atoms with Crippen LogP contribution in [-0.2, 0) is 5.41 Å². The zero-order valence-electron chi connectivity index (χ0n) is 13.6. The van der Waals surface area contributed by atoms with Gasteiger partial charge >= 0.3 is 0 Å². The van der Waals surface area contributed by atoms with Crippen LogP contribution in [0.5, 0.6) is 0 Å². The molecule has 1 aromatic heterocycles. The van der Waals surface area contributed by atoms with Gasteiger partial charge in [0.1, 0.15) is 11.4 Å². The number of carbonyl (C=O) groups is 1. The quantitative estimate of drug-likeness (QED) is 0.776. The van der Waals surface area contributed by atoms with Crippen molar-refractivity contribution >= 4 is 5.91 Å². The van der Waals surface area contributed by atoms with Crippen LogP contribution in [-0.4, -0.2) is 33.6 Å². The number of aliphatic hydroxyl groups excluding tert-OH is 1. The number of nitrogens with zero attached hydrogens (tertiary/aromatic N) is 1. The number of aryl methyl sites for hydroxylation is 1. The van der Waals surface area contributed by atoms with E-state index in [2.05, 4.69) is 15.3 Å². The van der Waals surface area contributed by atoms with Crippen LogP contribution in [0.4, 0.5) is 0 Å². The van der Waals surface area contributed by atoms with Gasteiger partial charge in [0.05, 0.1) is 5.69 Å². The predicted octanol–water partition coefficient (Wildman–Crippen LogP) is 1.12. The summed E-state index contributed by atoms with van der Waals surface area (Å²) in [6.45, 7) is 11.1. The third-order valence-electron chi connectivity index (χ3n) is 3.54. The smallest absolute Gasteiger partial charge is 0.264 e. The summed E-state index contributed by atoms with van der Waals surface area (Å²) in [7, 11) is 0. The molecule has 0 saturated heterocycles. The van der Waals surface area contributed by atoms with Gasteiger partial charge in [-0.1, -0.05) is 27.7 Å². The number of aromatic amines is 1. The summed E-state index contributed by atoms with van der Waals surface area (Å²) >= 11 is 0. The van der Waals surface area contributed by atoms with E-state index in [1.54, 1.807) is 13.8 Å². The van der Waals surface area contributed by atoms with E-state index >= 15 is 0 Å². The molecule has 0 spiro atoms. The normalized spacial score (nSPS) is 14.6. The minimum absolute atomic E-state index is 0.0278. The van der Waals surface area contributed by atoms with Crippen LogP contribution >= 0.6 is 0 Å². The van der Waals surface area contributed by atoms with E-state index in [1.165, 1.54) is 0 Å². The average Bonchev–Trinajstić information content (AvgIpc) is 2.35. The number of H-pyrrole nitrogens is 1. The molecule has 0 radical (unpaired) electrons. The molecule has 1 heterocycles. The lowest BCUT2D eigenvalue weighted by Gasteiger charge is -2.21. The number of rotatable bonds is 4. The van der Waals surface area contributed by atoms with Crippen LogP contribution in [0, 0.1) is 12.8 Å². The van der Waals surface area contributed by atoms with E-state index in [0.29, 0.717) is 11.5 Å². The van der Waals surface area contributed by atoms with Crippen molar-refractivity contribution in [2.75, 3.05) is 6.61 Å². The number of aliphatic hydroxyl groups is 1. The molecule has 1 amide bonds. The standard InChI is InChI=1S/C15H25N3O3/c1-8(7-19)9(2)16-12(20)11-10(3)17-14(15(4,5)6)18-13(11)21/h8-9,19H,7H2,1-6H3,(H,16,20)(H,17,18,21). The molecular formula is C15H25N3O3. The maximum absolute atomic E-state index is 12.2. The second kappa shape index (κ2) is 6.39. The van der Waals surface area contributed by atoms with Gasteiger partial charge in [-0.25, -0.2) is 4.98 Å². The summed E-state index contributed by atoms with van der Waals surface area (Å²) in [6, 6.07) is -0.233. The second-order valence-corrected chi connectivity index (χ2v) is 6.55. The van der Waals surface area contributed by atoms with Gasteiger partial charge in [0.25, 0.3) is 11.5 Å². The molecule has 1 rings (SSSR count). The largest absolute Gasteiger partial charge is 0.396 e. The first-order chi connectivity index (χ1) is 9.57. The predicted molar refractivity (Wildman–Crippen MR) is 81.5 cm³/mol. The highest BCUT2D eigenvalue weighted by Crippen LogP contribution is 2.17. The zero-order chi connectivity index (χ0) is 16.4. The van der Waals surface area contributed by atoms with Crippen molar-refractivity contribution in [1.29, 1.82) is 0 Å². The van der Waals surface area contributed by atoms with Gasteiger partial charge in [-0.2, -0.15) is 0 Å². The maximum Gasteiger partial charge on any atom is 0.264 e. The number of hydrogen-bond donors (Lipinski definition) is 3. The van der Waals surface area contributed by atoms with E-state index in [0.717, 1.165) is 0 Å². The first kappa shape index (κ1) is 17.4. The minimum Gasteiger partial charge on any atom is -0.396 e. The fraction of sp³-hybridized carbons (Fsp3) is 0.667. The van der Waals surface area contributed by atoms with Crippen LogP contribution in [0.1, 0.15) is 56.5 Å². The van der Waals surface area contributed by atoms with Crippen molar-refractivity contribution in [1.82, 2.24) is 15.3 Å². The third-order valence-corrected chi connectivity index (χ3v) is 3.54. The molecule has 3 N–H and O–H groups in total. The van der Waals surface area contributed by atoms with Gasteiger partial charge < -0.3 is 15.4 Å². The molecule has 0 saturated carbocycles. The molecule has 21 heavy (non-hydrogen) atoms. The van der Waals surface area contributed by atoms with Crippen LogP contribution < -0.4 is 10.9 Å². The molecule has 0 aliphatic heterocycles. The van der Waals surface area contributed by atoms with Crippen LogP contribution in [0.25, 0.3) is 0 Å². The van der Waals surface area contributed by atoms with Crippen LogP contribution in [0.15, 0.2) is 4.79 Å². The Morgan fingerprint density at radius 1 is 1.38 bits per heavy atom. The third kappa shape index (κ3) is 4.14. The van der Waals surface area contributed by atoms with Gasteiger partial charge in [0.15, 0.2) is 0 Å². The number of aromatic nitrogens is 2. The van der Waals surface area contributed by atoms with E-state index in [4.69, 9.17) is 5.11 Å². The minimum atomic E-state index is -0.463. The van der Waals surface area contributed by atoms with Gasteiger partial charge in [0.2, 0.25) is 0 Å². The Morgan fingerprint density at radius 3 is 2.38 bits per heavy atom. The van der Waals surface area contributed by atoms with E-state index in [9.17, 15) is 9.59 Å². The molecule has 0 fully saturated rings. The lowest BCUT2D eigenvalue weighted by Crippen LogP contribution is -2.41. The topological polar surface area (TPSA) is 95.1 Å². The number of carbonyl (C=O) groups excluding carboxylic acids is 1. The number of hydrogen-bond acceptors (Lipinski definition) is 4. The number of nitrogens with one attached hydrogen (secondary N) is 2. The van der Waals surface area contributed by atoms with Gasteiger partial charge in [-0.3, -0.25) is 9.59 Å². The molecule has 118 valence electrons. The van der Waals surface area contributed by atoms with Gasteiger partial charge in [-0.05, 0) is 19.8 Å². The summed E-state index contributed by atoms with van der Waals surface area (Å²) in [4.78, 5) is 31.4. The summed E-state index contributed by atoms with van der Waals surface area (Å²) < 4.78 is 0. The summed E-state index contributed by atoms with van der Waals surface area (Å²) in [6.07, 6.45) is 0. The highest BCUT2D eigenvalue weighted by molar-refractivity contribution is 5.95. The van der Waals surface area contributed by atoms with E-state index in [1.807, 2.05) is 27.7 Å². The second-order valence-electron chi connectivity index (χ2n) is 6.55. The Kier molecular flexibility index (Phi) is 5.28. The summed E-state index contributed by atoms with van der Waals surface area (Å²) in [5, 5.41) is 11.8. The average molecular weight is 295 g/mol. The SMILES string of the molecule is Cc1nc(C(C)(C)C)[nH]c(=O)c1C(=O)NC(C)C(C)CO. The highest BCUT2D eigenvalue weighted by atomic mass is 16.3. The Bertz CT molecular complexity index is 573. The van der Waals surface area contributed by atoms with Crippen molar-refractivity contribution in [2.24, 2.45) is 5.92 Å². The van der Waals surface area contributed by atoms with Gasteiger partial charge in [-0.15, -0.1) is 0 Å². The molecule has 1 aromatic rings. The summed E-state index contributed by atoms with van der Waals surface area (Å²) in [5.41, 5.74) is -0.295. The fourth-order valence-corrected chi connectivity index (χ4v) is 1.79. The highest BCUT2D eigenvalue weighted by Gasteiger charge is 2.23. The maximum atomic E-state index is 12.2. The molecule has 0 bridgehead atoms. The van der Waals surface area contributed by atoms with Crippen molar-refractivity contribution in [3.8, 4) is 0 Å². The van der Waals surface area contributed by atoms with E-state index in [-0.39, 0.29) is 29.5 Å². The number of amides is 1. The van der Waals surface area contributed by atoms with Crippen LogP contribution in [0.2, 0.25) is 0 Å². The Labute approximate surface area is 125 Å². The first-order valence-electron chi connectivity index (χ1n) is 7.11. The molecule has 6 nitrogen and oxygen atoms in total. The lowest BCUT2D eigenvalue weighted by molar-refractivity contribution is 0.0913.